The summed E-state index contributed by atoms with van der Waals surface area (Å²) in [5.41, 5.74) is -0.410. The number of nitrogens with zero attached hydrogens (tertiary/aromatic N) is 1. The molecule has 0 saturated heterocycles. The van der Waals surface area contributed by atoms with Gasteiger partial charge in [0.1, 0.15) is 5.54 Å². The van der Waals surface area contributed by atoms with Crippen molar-refractivity contribution in [2.75, 3.05) is 0 Å². The fourth-order valence-electron chi connectivity index (χ4n) is 2.76. The van der Waals surface area contributed by atoms with Gasteiger partial charge in [0.05, 0.1) is 17.1 Å². The van der Waals surface area contributed by atoms with Gasteiger partial charge in [0.15, 0.2) is 0 Å². The molecular formula is C16H24N2O3S. The van der Waals surface area contributed by atoms with Gasteiger partial charge in [-0.05, 0) is 12.8 Å². The Labute approximate surface area is 135 Å². The molecule has 2 N–H and O–H groups in total. The number of thiazole rings is 1. The largest absolute Gasteiger partial charge is 0.480 e. The first-order chi connectivity index (χ1) is 10.2. The van der Waals surface area contributed by atoms with E-state index in [-0.39, 0.29) is 17.7 Å². The third kappa shape index (κ3) is 3.85. The first-order valence-corrected chi connectivity index (χ1v) is 8.60. The summed E-state index contributed by atoms with van der Waals surface area (Å²) < 4.78 is 0. The number of carbonyl (C=O) groups is 2. The summed E-state index contributed by atoms with van der Waals surface area (Å²) in [6.07, 6.45) is 3.89. The van der Waals surface area contributed by atoms with E-state index in [9.17, 15) is 14.7 Å². The molecule has 2 rings (SSSR count). The normalized spacial score (nSPS) is 18.0. The van der Waals surface area contributed by atoms with Crippen molar-refractivity contribution in [3.05, 3.63) is 16.1 Å². The van der Waals surface area contributed by atoms with Gasteiger partial charge in [-0.25, -0.2) is 9.78 Å². The van der Waals surface area contributed by atoms with Gasteiger partial charge in [0.2, 0.25) is 5.91 Å². The van der Waals surface area contributed by atoms with Crippen molar-refractivity contribution in [1.82, 2.24) is 10.3 Å². The highest BCUT2D eigenvalue weighted by molar-refractivity contribution is 7.09. The molecule has 0 spiro atoms. The van der Waals surface area contributed by atoms with E-state index in [1.807, 2.05) is 5.38 Å². The molecule has 1 fully saturated rings. The van der Waals surface area contributed by atoms with E-state index in [2.05, 4.69) is 31.1 Å². The van der Waals surface area contributed by atoms with Gasteiger partial charge in [-0.3, -0.25) is 4.79 Å². The third-order valence-electron chi connectivity index (χ3n) is 4.03. The Morgan fingerprint density at radius 1 is 1.32 bits per heavy atom. The molecule has 122 valence electrons. The maximum Gasteiger partial charge on any atom is 0.329 e. The van der Waals surface area contributed by atoms with Crippen LogP contribution >= 0.6 is 11.3 Å². The minimum atomic E-state index is -1.09. The molecule has 0 bridgehead atoms. The molecule has 0 aromatic carbocycles. The van der Waals surface area contributed by atoms with Crippen molar-refractivity contribution in [3.8, 4) is 0 Å². The van der Waals surface area contributed by atoms with Gasteiger partial charge in [-0.2, -0.15) is 0 Å². The fourth-order valence-corrected chi connectivity index (χ4v) is 3.66. The predicted molar refractivity (Wildman–Crippen MR) is 86.1 cm³/mol. The molecule has 0 radical (unpaired) electrons. The lowest BCUT2D eigenvalue weighted by molar-refractivity contribution is -0.149. The topological polar surface area (TPSA) is 79.3 Å². The van der Waals surface area contributed by atoms with E-state index in [0.717, 1.165) is 24.3 Å². The van der Waals surface area contributed by atoms with Gasteiger partial charge in [0, 0.05) is 10.8 Å². The Bertz CT molecular complexity index is 554. The minimum absolute atomic E-state index is 0.0367. The molecule has 1 aliphatic carbocycles. The molecule has 1 aromatic rings. The molecule has 1 aliphatic rings. The van der Waals surface area contributed by atoms with Crippen molar-refractivity contribution < 1.29 is 14.7 Å². The smallest absolute Gasteiger partial charge is 0.329 e. The van der Waals surface area contributed by atoms with Crippen molar-refractivity contribution in [2.45, 2.75) is 70.3 Å². The summed E-state index contributed by atoms with van der Waals surface area (Å²) in [6, 6.07) is 0. The van der Waals surface area contributed by atoms with Crippen LogP contribution in [0.5, 0.6) is 0 Å². The van der Waals surface area contributed by atoms with Crippen molar-refractivity contribution >= 4 is 23.2 Å². The van der Waals surface area contributed by atoms with Crippen LogP contribution in [0.2, 0.25) is 0 Å². The maximum atomic E-state index is 12.2. The molecule has 0 unspecified atom stereocenters. The molecule has 5 nitrogen and oxygen atoms in total. The number of hydrogen-bond acceptors (Lipinski definition) is 4. The van der Waals surface area contributed by atoms with Crippen LogP contribution in [0.15, 0.2) is 5.38 Å². The third-order valence-corrected chi connectivity index (χ3v) is 5.35. The average molecular weight is 324 g/mol. The molecule has 22 heavy (non-hydrogen) atoms. The van der Waals surface area contributed by atoms with Crippen LogP contribution in [0.4, 0.5) is 0 Å². The van der Waals surface area contributed by atoms with Gasteiger partial charge in [-0.15, -0.1) is 11.3 Å². The highest BCUT2D eigenvalue weighted by Crippen LogP contribution is 2.29. The maximum absolute atomic E-state index is 12.2. The summed E-state index contributed by atoms with van der Waals surface area (Å²) in [6.45, 7) is 6.24. The van der Waals surface area contributed by atoms with Crippen LogP contribution in [0.1, 0.15) is 63.6 Å². The van der Waals surface area contributed by atoms with E-state index in [0.29, 0.717) is 18.5 Å². The number of aromatic nitrogens is 1. The Morgan fingerprint density at radius 3 is 2.45 bits per heavy atom. The number of hydrogen-bond donors (Lipinski definition) is 2. The Kier molecular flexibility index (Phi) is 4.90. The first-order valence-electron chi connectivity index (χ1n) is 7.72. The standard InChI is InChI=1S/C16H24N2O3S/c1-15(2,3)13-17-11(10-22-13)9-12(19)18-16(14(20)21)7-5-4-6-8-16/h10H,4-9H2,1-3H3,(H,18,19)(H,20,21). The van der Waals surface area contributed by atoms with Crippen LogP contribution in [0, 0.1) is 0 Å². The van der Waals surface area contributed by atoms with Crippen LogP contribution in [-0.4, -0.2) is 27.5 Å². The molecule has 1 saturated carbocycles. The Hall–Kier alpha value is -1.43. The molecule has 1 heterocycles. The van der Waals surface area contributed by atoms with E-state index in [1.165, 1.54) is 0 Å². The van der Waals surface area contributed by atoms with Crippen molar-refractivity contribution in [3.63, 3.8) is 0 Å². The highest BCUT2D eigenvalue weighted by atomic mass is 32.1. The molecule has 0 aliphatic heterocycles. The predicted octanol–water partition coefficient (Wildman–Crippen LogP) is 2.89. The number of nitrogens with one attached hydrogen (secondary N) is 1. The van der Waals surface area contributed by atoms with Gasteiger partial charge in [0.25, 0.3) is 0 Å². The zero-order valence-corrected chi connectivity index (χ0v) is 14.3. The van der Waals surface area contributed by atoms with E-state index in [4.69, 9.17) is 0 Å². The summed E-state index contributed by atoms with van der Waals surface area (Å²) in [7, 11) is 0. The number of carbonyl (C=O) groups excluding carboxylic acids is 1. The molecule has 1 aromatic heterocycles. The number of carboxylic acids is 1. The lowest BCUT2D eigenvalue weighted by Gasteiger charge is -2.33. The summed E-state index contributed by atoms with van der Waals surface area (Å²) in [4.78, 5) is 28.3. The van der Waals surface area contributed by atoms with Crippen LogP contribution in [-0.2, 0) is 21.4 Å². The van der Waals surface area contributed by atoms with Gasteiger partial charge >= 0.3 is 5.97 Å². The van der Waals surface area contributed by atoms with Crippen molar-refractivity contribution in [1.29, 1.82) is 0 Å². The summed E-state index contributed by atoms with van der Waals surface area (Å²) in [5.74, 6) is -1.18. The van der Waals surface area contributed by atoms with E-state index in [1.54, 1.807) is 11.3 Å². The molecular weight excluding hydrogens is 300 g/mol. The zero-order chi connectivity index (χ0) is 16.4. The van der Waals surface area contributed by atoms with E-state index >= 15 is 0 Å². The van der Waals surface area contributed by atoms with Crippen molar-refractivity contribution in [2.24, 2.45) is 0 Å². The molecule has 1 amide bonds. The minimum Gasteiger partial charge on any atom is -0.480 e. The van der Waals surface area contributed by atoms with E-state index < -0.39 is 11.5 Å². The van der Waals surface area contributed by atoms with Gasteiger partial charge < -0.3 is 10.4 Å². The quantitative estimate of drug-likeness (QED) is 0.892. The average Bonchev–Trinajstić information content (AvgIpc) is 2.87. The second-order valence-corrected chi connectivity index (χ2v) is 7.92. The number of amides is 1. The van der Waals surface area contributed by atoms with Crippen LogP contribution in [0.3, 0.4) is 0 Å². The number of rotatable bonds is 4. The highest BCUT2D eigenvalue weighted by Gasteiger charge is 2.40. The fraction of sp³-hybridized carbons (Fsp3) is 0.688. The second-order valence-electron chi connectivity index (χ2n) is 7.07. The monoisotopic (exact) mass is 324 g/mol. The van der Waals surface area contributed by atoms with Crippen LogP contribution < -0.4 is 5.32 Å². The number of aliphatic carboxylic acids is 1. The number of carboxylic acid groups (broad SMARTS) is 1. The lowest BCUT2D eigenvalue weighted by atomic mass is 9.81. The zero-order valence-electron chi connectivity index (χ0n) is 13.4. The first kappa shape index (κ1) is 16.9. The van der Waals surface area contributed by atoms with Crippen LogP contribution in [0.25, 0.3) is 0 Å². The Balaban J connectivity index is 2.02. The second kappa shape index (κ2) is 6.36. The lowest BCUT2D eigenvalue weighted by Crippen LogP contribution is -2.56. The Morgan fingerprint density at radius 2 is 1.95 bits per heavy atom. The van der Waals surface area contributed by atoms with Gasteiger partial charge in [-0.1, -0.05) is 40.0 Å². The molecule has 6 heteroatoms. The summed E-state index contributed by atoms with van der Waals surface area (Å²) in [5, 5.41) is 15.1. The summed E-state index contributed by atoms with van der Waals surface area (Å²) >= 11 is 1.54. The SMILES string of the molecule is CC(C)(C)c1nc(CC(=O)NC2(C(=O)O)CCCCC2)cs1. The molecule has 0 atom stereocenters.